The van der Waals surface area contributed by atoms with Gasteiger partial charge in [-0.2, -0.15) is 0 Å². The van der Waals surface area contributed by atoms with Crippen molar-refractivity contribution in [2.45, 2.75) is 31.1 Å². The fraction of sp³-hybridized carbons (Fsp3) is 0.300. The van der Waals surface area contributed by atoms with Crippen LogP contribution in [0.3, 0.4) is 0 Å². The van der Waals surface area contributed by atoms with E-state index in [-0.39, 0.29) is 24.7 Å². The Balaban J connectivity index is 1.56. The van der Waals surface area contributed by atoms with Crippen molar-refractivity contribution in [1.82, 2.24) is 0 Å². The van der Waals surface area contributed by atoms with E-state index in [2.05, 4.69) is 12.2 Å². The van der Waals surface area contributed by atoms with Gasteiger partial charge in [0.2, 0.25) is 11.8 Å². The van der Waals surface area contributed by atoms with E-state index in [1.807, 2.05) is 48.5 Å². The van der Waals surface area contributed by atoms with Gasteiger partial charge in [-0.3, -0.25) is 9.59 Å². The standard InChI is InChI=1S/C20H22N2O2S/c1-2-15-6-5-7-16(14-15)21-19(23)10-11-20(24)22-12-13-25-18-9-4-3-8-17(18)22/h3-9,14H,2,10-13H2,1H3,(H,21,23). The second-order valence-corrected chi connectivity index (χ2v) is 7.10. The van der Waals surface area contributed by atoms with Gasteiger partial charge in [0.15, 0.2) is 0 Å². The van der Waals surface area contributed by atoms with Crippen molar-refractivity contribution in [1.29, 1.82) is 0 Å². The number of fused-ring (bicyclic) bond motifs is 1. The number of hydrogen-bond donors (Lipinski definition) is 1. The molecule has 0 spiro atoms. The largest absolute Gasteiger partial charge is 0.326 e. The van der Waals surface area contributed by atoms with Crippen molar-refractivity contribution < 1.29 is 9.59 Å². The molecule has 0 unspecified atom stereocenters. The van der Waals surface area contributed by atoms with Gasteiger partial charge in [-0.1, -0.05) is 31.2 Å². The number of nitrogens with zero attached hydrogens (tertiary/aromatic N) is 1. The summed E-state index contributed by atoms with van der Waals surface area (Å²) in [4.78, 5) is 27.6. The van der Waals surface area contributed by atoms with Crippen LogP contribution >= 0.6 is 11.8 Å². The van der Waals surface area contributed by atoms with Gasteiger partial charge in [-0.25, -0.2) is 0 Å². The van der Waals surface area contributed by atoms with Crippen LogP contribution in [0.2, 0.25) is 0 Å². The summed E-state index contributed by atoms with van der Waals surface area (Å²) >= 11 is 1.77. The second kappa shape index (κ2) is 8.21. The summed E-state index contributed by atoms with van der Waals surface area (Å²) in [5, 5.41) is 2.88. The molecule has 0 fully saturated rings. The number of carbonyl (C=O) groups is 2. The summed E-state index contributed by atoms with van der Waals surface area (Å²) in [5.41, 5.74) is 2.92. The van der Waals surface area contributed by atoms with Crippen LogP contribution in [0.4, 0.5) is 11.4 Å². The number of aryl methyl sites for hydroxylation is 1. The highest BCUT2D eigenvalue weighted by molar-refractivity contribution is 7.99. The summed E-state index contributed by atoms with van der Waals surface area (Å²) in [6.07, 6.45) is 1.34. The zero-order chi connectivity index (χ0) is 17.6. The fourth-order valence-corrected chi connectivity index (χ4v) is 3.87. The van der Waals surface area contributed by atoms with Gasteiger partial charge in [0.1, 0.15) is 0 Å². The van der Waals surface area contributed by atoms with Crippen LogP contribution in [0, 0.1) is 0 Å². The van der Waals surface area contributed by atoms with Gasteiger partial charge in [0.05, 0.1) is 5.69 Å². The smallest absolute Gasteiger partial charge is 0.227 e. The molecule has 1 aliphatic rings. The van der Waals surface area contributed by atoms with Crippen molar-refractivity contribution in [2.24, 2.45) is 0 Å². The molecule has 2 amide bonds. The first-order valence-electron chi connectivity index (χ1n) is 8.58. The third kappa shape index (κ3) is 4.42. The summed E-state index contributed by atoms with van der Waals surface area (Å²) in [6, 6.07) is 15.7. The molecule has 0 aromatic heterocycles. The lowest BCUT2D eigenvalue weighted by Crippen LogP contribution is -2.35. The molecular weight excluding hydrogens is 332 g/mol. The zero-order valence-electron chi connectivity index (χ0n) is 14.3. The van der Waals surface area contributed by atoms with Crippen LogP contribution in [-0.4, -0.2) is 24.1 Å². The average molecular weight is 354 g/mol. The SMILES string of the molecule is CCc1cccc(NC(=O)CCC(=O)N2CCSc3ccccc32)c1. The van der Waals surface area contributed by atoms with Crippen molar-refractivity contribution in [3.8, 4) is 0 Å². The molecule has 0 saturated carbocycles. The second-order valence-electron chi connectivity index (χ2n) is 5.96. The molecule has 130 valence electrons. The monoisotopic (exact) mass is 354 g/mol. The van der Waals surface area contributed by atoms with Crippen LogP contribution < -0.4 is 10.2 Å². The third-order valence-electron chi connectivity index (χ3n) is 4.21. The van der Waals surface area contributed by atoms with Crippen molar-refractivity contribution in [3.05, 3.63) is 54.1 Å². The van der Waals surface area contributed by atoms with Crippen LogP contribution in [0.15, 0.2) is 53.4 Å². The van der Waals surface area contributed by atoms with E-state index < -0.39 is 0 Å². The first kappa shape index (κ1) is 17.5. The van der Waals surface area contributed by atoms with Crippen molar-refractivity contribution in [3.63, 3.8) is 0 Å². The van der Waals surface area contributed by atoms with E-state index >= 15 is 0 Å². The Morgan fingerprint density at radius 3 is 2.80 bits per heavy atom. The Bertz CT molecular complexity index is 776. The summed E-state index contributed by atoms with van der Waals surface area (Å²) in [7, 11) is 0. The van der Waals surface area contributed by atoms with Gasteiger partial charge in [-0.05, 0) is 36.2 Å². The molecule has 4 nitrogen and oxygen atoms in total. The molecule has 2 aromatic carbocycles. The molecule has 3 rings (SSSR count). The first-order chi connectivity index (χ1) is 12.2. The molecule has 1 heterocycles. The highest BCUT2D eigenvalue weighted by Gasteiger charge is 2.22. The summed E-state index contributed by atoms with van der Waals surface area (Å²) in [5.74, 6) is 0.769. The average Bonchev–Trinajstić information content (AvgIpc) is 2.65. The first-order valence-corrected chi connectivity index (χ1v) is 9.57. The number of thioether (sulfide) groups is 1. The van der Waals surface area contributed by atoms with Gasteiger partial charge in [0, 0.05) is 35.7 Å². The maximum atomic E-state index is 12.6. The number of hydrogen-bond acceptors (Lipinski definition) is 3. The van der Waals surface area contributed by atoms with Crippen molar-refractivity contribution >= 4 is 35.0 Å². The number of rotatable bonds is 5. The Morgan fingerprint density at radius 1 is 1.12 bits per heavy atom. The molecular formula is C20H22N2O2S. The molecule has 0 bridgehead atoms. The predicted octanol–water partition coefficient (Wildman–Crippen LogP) is 4.11. The summed E-state index contributed by atoms with van der Waals surface area (Å²) in [6.45, 7) is 2.77. The third-order valence-corrected chi connectivity index (χ3v) is 5.26. The highest BCUT2D eigenvalue weighted by atomic mass is 32.2. The maximum Gasteiger partial charge on any atom is 0.227 e. The van der Waals surface area contributed by atoms with Crippen LogP contribution in [0.5, 0.6) is 0 Å². The van der Waals surface area contributed by atoms with E-state index in [1.54, 1.807) is 16.7 Å². The number of anilines is 2. The minimum atomic E-state index is -0.124. The fourth-order valence-electron chi connectivity index (χ4n) is 2.88. The van der Waals surface area contributed by atoms with E-state index in [0.29, 0.717) is 6.54 Å². The Hall–Kier alpha value is -2.27. The minimum absolute atomic E-state index is 0.00482. The molecule has 2 aromatic rings. The van der Waals surface area contributed by atoms with Gasteiger partial charge < -0.3 is 10.2 Å². The molecule has 0 aliphatic carbocycles. The van der Waals surface area contributed by atoms with Crippen LogP contribution in [-0.2, 0) is 16.0 Å². The molecule has 25 heavy (non-hydrogen) atoms. The number of nitrogens with one attached hydrogen (secondary N) is 1. The molecule has 0 saturated heterocycles. The van der Waals surface area contributed by atoms with Gasteiger partial charge >= 0.3 is 0 Å². The normalized spacial score (nSPS) is 13.2. The Kier molecular flexibility index (Phi) is 5.76. The van der Waals surface area contributed by atoms with Gasteiger partial charge in [0.25, 0.3) is 0 Å². The van der Waals surface area contributed by atoms with Crippen LogP contribution in [0.1, 0.15) is 25.3 Å². The van der Waals surface area contributed by atoms with Crippen LogP contribution in [0.25, 0.3) is 0 Å². The minimum Gasteiger partial charge on any atom is -0.326 e. The zero-order valence-corrected chi connectivity index (χ0v) is 15.1. The number of benzene rings is 2. The van der Waals surface area contributed by atoms with E-state index in [9.17, 15) is 9.59 Å². The van der Waals surface area contributed by atoms with E-state index in [1.165, 1.54) is 5.56 Å². The molecule has 1 aliphatic heterocycles. The Morgan fingerprint density at radius 2 is 1.96 bits per heavy atom. The molecule has 0 radical (unpaired) electrons. The van der Waals surface area contributed by atoms with Gasteiger partial charge in [-0.15, -0.1) is 11.8 Å². The van der Waals surface area contributed by atoms with E-state index in [4.69, 9.17) is 0 Å². The number of carbonyl (C=O) groups excluding carboxylic acids is 2. The van der Waals surface area contributed by atoms with E-state index in [0.717, 1.165) is 28.4 Å². The maximum absolute atomic E-state index is 12.6. The van der Waals surface area contributed by atoms with Crippen molar-refractivity contribution in [2.75, 3.05) is 22.5 Å². The lowest BCUT2D eigenvalue weighted by atomic mass is 10.1. The molecule has 5 heteroatoms. The molecule has 0 atom stereocenters. The summed E-state index contributed by atoms with van der Waals surface area (Å²) < 4.78 is 0. The lowest BCUT2D eigenvalue weighted by molar-refractivity contribution is -0.122. The number of amides is 2. The Labute approximate surface area is 152 Å². The number of para-hydroxylation sites is 1. The molecule has 1 N–H and O–H groups in total. The quantitative estimate of drug-likeness (QED) is 0.879. The topological polar surface area (TPSA) is 49.4 Å². The lowest BCUT2D eigenvalue weighted by Gasteiger charge is -2.29. The predicted molar refractivity (Wildman–Crippen MR) is 103 cm³/mol. The highest BCUT2D eigenvalue weighted by Crippen LogP contribution is 2.34.